The van der Waals surface area contributed by atoms with Crippen LogP contribution in [0.1, 0.15) is 25.2 Å². The molecule has 4 nitrogen and oxygen atoms in total. The fraction of sp³-hybridized carbons (Fsp3) is 0.364. The Bertz CT molecular complexity index is 313. The molecular formula is C11H14O4. The maximum atomic E-state index is 10.9. The standard InChI is InChI=1S/C11H14O4/c1-2-14-11(13)7-3-5-9(12)10-6-4-8-15-10/h3-4,6-9,12H,2,5H2,1H3. The van der Waals surface area contributed by atoms with Crippen molar-refractivity contribution in [3.8, 4) is 0 Å². The number of esters is 1. The minimum atomic E-state index is -0.717. The number of hydrogen-bond donors (Lipinski definition) is 1. The molecule has 0 saturated heterocycles. The third-order valence-corrected chi connectivity index (χ3v) is 1.77. The van der Waals surface area contributed by atoms with Crippen LogP contribution in [0.5, 0.6) is 0 Å². The molecule has 0 aliphatic carbocycles. The van der Waals surface area contributed by atoms with E-state index in [1.54, 1.807) is 25.1 Å². The number of furan rings is 1. The van der Waals surface area contributed by atoms with Crippen molar-refractivity contribution >= 4 is 5.97 Å². The Labute approximate surface area is 88.2 Å². The van der Waals surface area contributed by atoms with Crippen LogP contribution < -0.4 is 0 Å². The summed E-state index contributed by atoms with van der Waals surface area (Å²) in [4.78, 5) is 10.9. The van der Waals surface area contributed by atoms with E-state index in [0.29, 0.717) is 18.8 Å². The van der Waals surface area contributed by atoms with E-state index in [1.165, 1.54) is 12.3 Å². The Hall–Kier alpha value is -1.55. The highest BCUT2D eigenvalue weighted by Gasteiger charge is 2.07. The zero-order valence-corrected chi connectivity index (χ0v) is 8.55. The van der Waals surface area contributed by atoms with Gasteiger partial charge >= 0.3 is 5.97 Å². The van der Waals surface area contributed by atoms with Crippen LogP contribution in [0.4, 0.5) is 0 Å². The number of carbonyl (C=O) groups excluding carboxylic acids is 1. The van der Waals surface area contributed by atoms with Gasteiger partial charge in [-0.1, -0.05) is 6.08 Å². The maximum absolute atomic E-state index is 10.9. The van der Waals surface area contributed by atoms with Crippen LogP contribution in [0.25, 0.3) is 0 Å². The molecule has 0 amide bonds. The average Bonchev–Trinajstić information content (AvgIpc) is 2.70. The third-order valence-electron chi connectivity index (χ3n) is 1.77. The summed E-state index contributed by atoms with van der Waals surface area (Å²) < 4.78 is 9.68. The van der Waals surface area contributed by atoms with Gasteiger partial charge in [-0.15, -0.1) is 0 Å². The van der Waals surface area contributed by atoms with Crippen molar-refractivity contribution in [2.45, 2.75) is 19.4 Å². The van der Waals surface area contributed by atoms with Crippen molar-refractivity contribution in [2.75, 3.05) is 6.61 Å². The second kappa shape index (κ2) is 6.03. The van der Waals surface area contributed by atoms with E-state index in [2.05, 4.69) is 4.74 Å². The predicted octanol–water partition coefficient (Wildman–Crippen LogP) is 1.82. The Morgan fingerprint density at radius 1 is 1.73 bits per heavy atom. The lowest BCUT2D eigenvalue weighted by atomic mass is 10.2. The van der Waals surface area contributed by atoms with Crippen molar-refractivity contribution < 1.29 is 19.1 Å². The van der Waals surface area contributed by atoms with Gasteiger partial charge in [0.15, 0.2) is 0 Å². The van der Waals surface area contributed by atoms with Crippen molar-refractivity contribution in [3.05, 3.63) is 36.3 Å². The highest BCUT2D eigenvalue weighted by molar-refractivity contribution is 5.81. The fourth-order valence-corrected chi connectivity index (χ4v) is 1.08. The van der Waals surface area contributed by atoms with Gasteiger partial charge < -0.3 is 14.3 Å². The summed E-state index contributed by atoms with van der Waals surface area (Å²) in [5, 5.41) is 9.56. The molecular weight excluding hydrogens is 196 g/mol. The molecule has 4 heteroatoms. The van der Waals surface area contributed by atoms with E-state index in [1.807, 2.05) is 0 Å². The van der Waals surface area contributed by atoms with Crippen molar-refractivity contribution in [2.24, 2.45) is 0 Å². The van der Waals surface area contributed by atoms with Crippen LogP contribution in [0.2, 0.25) is 0 Å². The molecule has 0 aliphatic rings. The molecule has 1 unspecified atom stereocenters. The molecule has 0 aliphatic heterocycles. The van der Waals surface area contributed by atoms with Gasteiger partial charge in [-0.05, 0) is 25.5 Å². The Kier molecular flexibility index (Phi) is 4.63. The van der Waals surface area contributed by atoms with Gasteiger partial charge in [0.25, 0.3) is 0 Å². The summed E-state index contributed by atoms with van der Waals surface area (Å²) in [5.41, 5.74) is 0. The van der Waals surface area contributed by atoms with E-state index < -0.39 is 12.1 Å². The number of aliphatic hydroxyl groups excluding tert-OH is 1. The lowest BCUT2D eigenvalue weighted by Gasteiger charge is -2.02. The van der Waals surface area contributed by atoms with Crippen molar-refractivity contribution in [1.29, 1.82) is 0 Å². The van der Waals surface area contributed by atoms with E-state index in [4.69, 9.17) is 4.42 Å². The van der Waals surface area contributed by atoms with Crippen LogP contribution in [-0.2, 0) is 9.53 Å². The molecule has 82 valence electrons. The van der Waals surface area contributed by atoms with Crippen LogP contribution >= 0.6 is 0 Å². The first-order valence-corrected chi connectivity index (χ1v) is 4.78. The van der Waals surface area contributed by atoms with Gasteiger partial charge in [-0.3, -0.25) is 0 Å². The molecule has 0 fully saturated rings. The van der Waals surface area contributed by atoms with Crippen LogP contribution in [0.15, 0.2) is 35.0 Å². The molecule has 0 spiro atoms. The maximum Gasteiger partial charge on any atom is 0.330 e. The summed E-state index contributed by atoms with van der Waals surface area (Å²) in [6.45, 7) is 2.09. The van der Waals surface area contributed by atoms with Gasteiger partial charge in [0.1, 0.15) is 11.9 Å². The van der Waals surface area contributed by atoms with Crippen molar-refractivity contribution in [3.63, 3.8) is 0 Å². The molecule has 15 heavy (non-hydrogen) atoms. The summed E-state index contributed by atoms with van der Waals surface area (Å²) >= 11 is 0. The summed E-state index contributed by atoms with van der Waals surface area (Å²) in [5.74, 6) is 0.0904. The number of aliphatic hydroxyl groups is 1. The predicted molar refractivity (Wildman–Crippen MR) is 54.1 cm³/mol. The molecule has 1 N–H and O–H groups in total. The molecule has 0 radical (unpaired) electrons. The lowest BCUT2D eigenvalue weighted by Crippen LogP contribution is -1.99. The second-order valence-corrected chi connectivity index (χ2v) is 2.92. The van der Waals surface area contributed by atoms with E-state index >= 15 is 0 Å². The number of ether oxygens (including phenoxy) is 1. The minimum Gasteiger partial charge on any atom is -0.467 e. The van der Waals surface area contributed by atoms with Crippen LogP contribution in [-0.4, -0.2) is 17.7 Å². The highest BCUT2D eigenvalue weighted by atomic mass is 16.5. The largest absolute Gasteiger partial charge is 0.467 e. The van der Waals surface area contributed by atoms with Crippen molar-refractivity contribution in [1.82, 2.24) is 0 Å². The fourth-order valence-electron chi connectivity index (χ4n) is 1.08. The molecule has 1 heterocycles. The zero-order chi connectivity index (χ0) is 11.1. The Morgan fingerprint density at radius 2 is 2.53 bits per heavy atom. The Balaban J connectivity index is 2.34. The zero-order valence-electron chi connectivity index (χ0n) is 8.55. The molecule has 0 aromatic carbocycles. The van der Waals surface area contributed by atoms with Crippen LogP contribution in [0.3, 0.4) is 0 Å². The van der Waals surface area contributed by atoms with E-state index in [-0.39, 0.29) is 0 Å². The van der Waals surface area contributed by atoms with Gasteiger partial charge in [0, 0.05) is 6.08 Å². The summed E-state index contributed by atoms with van der Waals surface area (Å²) in [6.07, 6.45) is 3.96. The first-order valence-electron chi connectivity index (χ1n) is 4.78. The first-order chi connectivity index (χ1) is 7.24. The molecule has 1 aromatic rings. The average molecular weight is 210 g/mol. The summed E-state index contributed by atoms with van der Waals surface area (Å²) in [6, 6.07) is 3.39. The smallest absolute Gasteiger partial charge is 0.330 e. The SMILES string of the molecule is CCOC(=O)C=CCC(O)c1ccco1. The molecule has 0 saturated carbocycles. The number of hydrogen-bond acceptors (Lipinski definition) is 4. The highest BCUT2D eigenvalue weighted by Crippen LogP contribution is 2.16. The van der Waals surface area contributed by atoms with E-state index in [0.717, 1.165) is 0 Å². The minimum absolute atomic E-state index is 0.326. The topological polar surface area (TPSA) is 59.7 Å². The molecule has 1 atom stereocenters. The number of carbonyl (C=O) groups is 1. The molecule has 1 aromatic heterocycles. The first kappa shape index (κ1) is 11.5. The molecule has 0 bridgehead atoms. The second-order valence-electron chi connectivity index (χ2n) is 2.92. The van der Waals surface area contributed by atoms with Crippen LogP contribution in [0, 0.1) is 0 Å². The number of rotatable bonds is 5. The summed E-state index contributed by atoms with van der Waals surface area (Å²) in [7, 11) is 0. The molecule has 1 rings (SSSR count). The quantitative estimate of drug-likeness (QED) is 0.595. The lowest BCUT2D eigenvalue weighted by molar-refractivity contribution is -0.137. The Morgan fingerprint density at radius 3 is 3.13 bits per heavy atom. The van der Waals surface area contributed by atoms with Gasteiger partial charge in [0.2, 0.25) is 0 Å². The van der Waals surface area contributed by atoms with Gasteiger partial charge in [0.05, 0.1) is 12.9 Å². The normalized spacial score (nSPS) is 12.9. The van der Waals surface area contributed by atoms with Gasteiger partial charge in [-0.2, -0.15) is 0 Å². The third kappa shape index (κ3) is 3.99. The van der Waals surface area contributed by atoms with Gasteiger partial charge in [-0.25, -0.2) is 4.79 Å². The monoisotopic (exact) mass is 210 g/mol. The van der Waals surface area contributed by atoms with E-state index in [9.17, 15) is 9.90 Å².